The van der Waals surface area contributed by atoms with E-state index in [1.165, 1.54) is 11.1 Å². The molecule has 5 nitrogen and oxygen atoms in total. The summed E-state index contributed by atoms with van der Waals surface area (Å²) in [5, 5.41) is 3.13. The average molecular weight is 396 g/mol. The van der Waals surface area contributed by atoms with Gasteiger partial charge in [0.2, 0.25) is 5.91 Å². The molecule has 1 atom stereocenters. The highest BCUT2D eigenvalue weighted by Gasteiger charge is 2.21. The number of methoxy groups -OCH3 is 1. The van der Waals surface area contributed by atoms with Gasteiger partial charge in [0.25, 0.3) is 0 Å². The molecule has 3 rings (SSSR count). The van der Waals surface area contributed by atoms with Gasteiger partial charge in [-0.15, -0.1) is 11.8 Å². The number of nitrogens with one attached hydrogen (secondary N) is 1. The molecular formula is C22H25N3O2S. The largest absolute Gasteiger partial charge is 0.497 e. The maximum Gasteiger partial charge on any atom is 0.231 e. The fraction of sp³-hybridized carbons (Fsp3) is 0.273. The number of aryl methyl sites for hydroxylation is 3. The van der Waals surface area contributed by atoms with Crippen LogP contribution in [0, 0.1) is 13.8 Å². The summed E-state index contributed by atoms with van der Waals surface area (Å²) in [6, 6.07) is 13.7. The molecule has 1 aromatic heterocycles. The normalized spacial score (nSPS) is 11.9. The summed E-state index contributed by atoms with van der Waals surface area (Å²) in [5.74, 6) is 1.88. The Hall–Kier alpha value is -2.73. The predicted molar refractivity (Wildman–Crippen MR) is 113 cm³/mol. The highest BCUT2D eigenvalue weighted by atomic mass is 32.2. The first-order valence-electron chi connectivity index (χ1n) is 9.08. The molecule has 0 aliphatic rings. The highest BCUT2D eigenvalue weighted by molar-refractivity contribution is 8.00. The number of aromatic nitrogens is 2. The van der Waals surface area contributed by atoms with Gasteiger partial charge in [0, 0.05) is 24.3 Å². The molecule has 0 bridgehead atoms. The molecule has 0 saturated carbocycles. The van der Waals surface area contributed by atoms with Crippen LogP contribution in [0.15, 0.2) is 59.8 Å². The Bertz CT molecular complexity index is 951. The lowest BCUT2D eigenvalue weighted by Crippen LogP contribution is -2.32. The minimum Gasteiger partial charge on any atom is -0.497 e. The van der Waals surface area contributed by atoms with Crippen LogP contribution in [0.1, 0.15) is 28.6 Å². The summed E-state index contributed by atoms with van der Waals surface area (Å²) in [6.45, 7) is 4.12. The summed E-state index contributed by atoms with van der Waals surface area (Å²) >= 11 is 1.55. The lowest BCUT2D eigenvalue weighted by atomic mass is 10.1. The molecule has 0 aliphatic carbocycles. The van der Waals surface area contributed by atoms with Crippen molar-refractivity contribution in [1.82, 2.24) is 14.9 Å². The second-order valence-corrected chi connectivity index (χ2v) is 7.74. The number of rotatable bonds is 7. The van der Waals surface area contributed by atoms with E-state index < -0.39 is 0 Å². The van der Waals surface area contributed by atoms with Gasteiger partial charge >= 0.3 is 0 Å². The van der Waals surface area contributed by atoms with Crippen LogP contribution in [0.2, 0.25) is 0 Å². The zero-order chi connectivity index (χ0) is 20.1. The standard InChI is InChI=1S/C22H25N3O2S/c1-15-5-6-16(2)19(13-15)28-14-20(26)24-21(22-23-11-12-25(22)3)17-7-9-18(27-4)10-8-17/h5-13,21H,14H2,1-4H3,(H,24,26). The van der Waals surface area contributed by atoms with E-state index in [2.05, 4.69) is 42.3 Å². The summed E-state index contributed by atoms with van der Waals surface area (Å²) in [7, 11) is 3.56. The fourth-order valence-electron chi connectivity index (χ4n) is 2.96. The molecule has 0 saturated heterocycles. The molecule has 1 N–H and O–H groups in total. The van der Waals surface area contributed by atoms with Crippen LogP contribution in [-0.2, 0) is 11.8 Å². The second-order valence-electron chi connectivity index (χ2n) is 6.73. The number of imidazole rings is 1. The maximum absolute atomic E-state index is 12.7. The molecule has 1 unspecified atom stereocenters. The summed E-state index contributed by atoms with van der Waals surface area (Å²) in [5.41, 5.74) is 3.33. The second kappa shape index (κ2) is 8.97. The monoisotopic (exact) mass is 395 g/mol. The lowest BCUT2D eigenvalue weighted by Gasteiger charge is -2.19. The van der Waals surface area contributed by atoms with Crippen molar-refractivity contribution in [3.63, 3.8) is 0 Å². The Morgan fingerprint density at radius 3 is 2.61 bits per heavy atom. The Kier molecular flexibility index (Phi) is 6.41. The zero-order valence-electron chi connectivity index (χ0n) is 16.6. The van der Waals surface area contributed by atoms with Gasteiger partial charge in [-0.05, 0) is 43.2 Å². The molecule has 0 fully saturated rings. The average Bonchev–Trinajstić information content (AvgIpc) is 3.12. The molecule has 0 spiro atoms. The van der Waals surface area contributed by atoms with E-state index in [-0.39, 0.29) is 11.9 Å². The third-order valence-electron chi connectivity index (χ3n) is 4.57. The van der Waals surface area contributed by atoms with Crippen LogP contribution in [-0.4, -0.2) is 28.3 Å². The van der Waals surface area contributed by atoms with Crippen LogP contribution >= 0.6 is 11.8 Å². The number of benzene rings is 2. The molecule has 3 aromatic rings. The van der Waals surface area contributed by atoms with Crippen LogP contribution in [0.5, 0.6) is 5.75 Å². The number of carbonyl (C=O) groups excluding carboxylic acids is 1. The van der Waals surface area contributed by atoms with Crippen molar-refractivity contribution in [3.8, 4) is 5.75 Å². The first kappa shape index (κ1) is 20.0. The van der Waals surface area contributed by atoms with Gasteiger partial charge in [-0.1, -0.05) is 29.8 Å². The molecule has 6 heteroatoms. The van der Waals surface area contributed by atoms with Crippen LogP contribution in [0.25, 0.3) is 0 Å². The Labute approximate surface area is 170 Å². The topological polar surface area (TPSA) is 56.1 Å². The summed E-state index contributed by atoms with van der Waals surface area (Å²) < 4.78 is 7.16. The third-order valence-corrected chi connectivity index (χ3v) is 5.73. The van der Waals surface area contributed by atoms with Crippen molar-refractivity contribution in [2.75, 3.05) is 12.9 Å². The molecule has 146 valence electrons. The van der Waals surface area contributed by atoms with E-state index in [0.29, 0.717) is 5.75 Å². The van der Waals surface area contributed by atoms with Crippen molar-refractivity contribution in [2.45, 2.75) is 24.8 Å². The molecule has 1 heterocycles. The summed E-state index contributed by atoms with van der Waals surface area (Å²) in [4.78, 5) is 18.3. The molecule has 2 aromatic carbocycles. The van der Waals surface area contributed by atoms with Gasteiger partial charge < -0.3 is 14.6 Å². The van der Waals surface area contributed by atoms with Gasteiger partial charge in [0.15, 0.2) is 0 Å². The van der Waals surface area contributed by atoms with E-state index in [1.807, 2.05) is 42.1 Å². The van der Waals surface area contributed by atoms with Crippen LogP contribution < -0.4 is 10.1 Å². The van der Waals surface area contributed by atoms with Crippen molar-refractivity contribution in [3.05, 3.63) is 77.4 Å². The number of hydrogen-bond acceptors (Lipinski definition) is 4. The molecular weight excluding hydrogens is 370 g/mol. The number of ether oxygens (including phenoxy) is 1. The predicted octanol–water partition coefficient (Wildman–Crippen LogP) is 4.04. The Morgan fingerprint density at radius 1 is 1.21 bits per heavy atom. The quantitative estimate of drug-likeness (QED) is 0.614. The number of carbonyl (C=O) groups is 1. The van der Waals surface area contributed by atoms with Gasteiger partial charge in [0.05, 0.1) is 12.9 Å². The van der Waals surface area contributed by atoms with E-state index in [0.717, 1.165) is 22.0 Å². The number of amides is 1. The maximum atomic E-state index is 12.7. The Morgan fingerprint density at radius 2 is 1.96 bits per heavy atom. The lowest BCUT2D eigenvalue weighted by molar-refractivity contribution is -0.119. The number of hydrogen-bond donors (Lipinski definition) is 1. The third kappa shape index (κ3) is 4.75. The first-order chi connectivity index (χ1) is 13.5. The van der Waals surface area contributed by atoms with Gasteiger partial charge in [0.1, 0.15) is 17.6 Å². The number of nitrogens with zero attached hydrogens (tertiary/aromatic N) is 2. The molecule has 1 amide bonds. The number of thioether (sulfide) groups is 1. The van der Waals surface area contributed by atoms with Crippen molar-refractivity contribution in [2.24, 2.45) is 7.05 Å². The van der Waals surface area contributed by atoms with Crippen molar-refractivity contribution >= 4 is 17.7 Å². The minimum atomic E-state index is -0.322. The fourth-order valence-corrected chi connectivity index (χ4v) is 3.89. The van der Waals surface area contributed by atoms with E-state index in [1.54, 1.807) is 25.1 Å². The minimum absolute atomic E-state index is 0.0327. The van der Waals surface area contributed by atoms with Gasteiger partial charge in [-0.25, -0.2) is 4.98 Å². The molecule has 0 aliphatic heterocycles. The van der Waals surface area contributed by atoms with E-state index >= 15 is 0 Å². The smallest absolute Gasteiger partial charge is 0.231 e. The summed E-state index contributed by atoms with van der Waals surface area (Å²) in [6.07, 6.45) is 3.62. The molecule has 28 heavy (non-hydrogen) atoms. The van der Waals surface area contributed by atoms with Crippen molar-refractivity contribution < 1.29 is 9.53 Å². The van der Waals surface area contributed by atoms with Gasteiger partial charge in [-0.3, -0.25) is 4.79 Å². The highest BCUT2D eigenvalue weighted by Crippen LogP contribution is 2.25. The molecule has 0 radical (unpaired) electrons. The zero-order valence-corrected chi connectivity index (χ0v) is 17.4. The first-order valence-corrected chi connectivity index (χ1v) is 10.1. The Balaban J connectivity index is 1.76. The van der Waals surface area contributed by atoms with E-state index in [9.17, 15) is 4.79 Å². The van der Waals surface area contributed by atoms with Crippen LogP contribution in [0.3, 0.4) is 0 Å². The van der Waals surface area contributed by atoms with Crippen molar-refractivity contribution in [1.29, 1.82) is 0 Å². The van der Waals surface area contributed by atoms with Crippen LogP contribution in [0.4, 0.5) is 0 Å². The van der Waals surface area contributed by atoms with E-state index in [4.69, 9.17) is 4.74 Å². The SMILES string of the molecule is COc1ccc(C(NC(=O)CSc2cc(C)ccc2C)c2nccn2C)cc1. The van der Waals surface area contributed by atoms with Gasteiger partial charge in [-0.2, -0.15) is 0 Å².